The molecule has 1 atom stereocenters. The molecule has 0 saturated heterocycles. The lowest BCUT2D eigenvalue weighted by molar-refractivity contribution is -0.118. The number of hydrogen-bond donors (Lipinski definition) is 2. The molecule has 0 fully saturated rings. The number of amides is 1. The molecule has 0 radical (unpaired) electrons. The standard InChI is InChI=1S/C15H19N3O3S/c1-10(16)6-11-9-22-15(17-11)18-14(19)8-21-13-5-3-4-12(7-13)20-2/h3-5,7,9-10H,6,8,16H2,1-2H3,(H,17,18,19). The van der Waals surface area contributed by atoms with Crippen LogP contribution in [0.15, 0.2) is 29.6 Å². The van der Waals surface area contributed by atoms with Gasteiger partial charge in [0.1, 0.15) is 11.5 Å². The summed E-state index contributed by atoms with van der Waals surface area (Å²) >= 11 is 1.37. The molecule has 0 aliphatic carbocycles. The van der Waals surface area contributed by atoms with Crippen LogP contribution in [0.1, 0.15) is 12.6 Å². The third kappa shape index (κ3) is 5.01. The summed E-state index contributed by atoms with van der Waals surface area (Å²) in [6, 6.07) is 7.13. The van der Waals surface area contributed by atoms with Gasteiger partial charge in [-0.15, -0.1) is 11.3 Å². The maximum absolute atomic E-state index is 11.8. The van der Waals surface area contributed by atoms with E-state index in [4.69, 9.17) is 15.2 Å². The first-order chi connectivity index (χ1) is 10.6. The van der Waals surface area contributed by atoms with Crippen molar-refractivity contribution in [1.29, 1.82) is 0 Å². The molecule has 0 spiro atoms. The summed E-state index contributed by atoms with van der Waals surface area (Å²) in [7, 11) is 1.58. The Kier molecular flexibility index (Phi) is 5.74. The molecule has 1 heterocycles. The van der Waals surface area contributed by atoms with E-state index in [1.54, 1.807) is 25.3 Å². The van der Waals surface area contributed by atoms with Crippen molar-refractivity contribution in [3.05, 3.63) is 35.3 Å². The zero-order chi connectivity index (χ0) is 15.9. The molecule has 1 aromatic carbocycles. The van der Waals surface area contributed by atoms with Crippen LogP contribution >= 0.6 is 11.3 Å². The number of rotatable bonds is 7. The second-order valence-corrected chi connectivity index (χ2v) is 5.70. The Labute approximate surface area is 133 Å². The Bertz CT molecular complexity index is 628. The molecule has 7 heteroatoms. The van der Waals surface area contributed by atoms with E-state index in [1.165, 1.54) is 11.3 Å². The average molecular weight is 321 g/mol. The third-order valence-corrected chi connectivity index (χ3v) is 3.55. The molecular weight excluding hydrogens is 302 g/mol. The number of aromatic nitrogens is 1. The van der Waals surface area contributed by atoms with E-state index in [-0.39, 0.29) is 18.6 Å². The molecule has 0 bridgehead atoms. The minimum Gasteiger partial charge on any atom is -0.497 e. The molecule has 3 N–H and O–H groups in total. The first kappa shape index (κ1) is 16.3. The Morgan fingerprint density at radius 1 is 1.45 bits per heavy atom. The van der Waals surface area contributed by atoms with Gasteiger partial charge in [0.2, 0.25) is 0 Å². The number of nitrogens with one attached hydrogen (secondary N) is 1. The number of hydrogen-bond acceptors (Lipinski definition) is 6. The predicted molar refractivity (Wildman–Crippen MR) is 86.6 cm³/mol. The number of methoxy groups -OCH3 is 1. The number of nitrogens with two attached hydrogens (primary N) is 1. The molecule has 2 rings (SSSR count). The number of anilines is 1. The summed E-state index contributed by atoms with van der Waals surface area (Å²) in [5.74, 6) is 0.995. The lowest BCUT2D eigenvalue weighted by Gasteiger charge is -2.07. The molecule has 0 aliphatic heterocycles. The van der Waals surface area contributed by atoms with Crippen molar-refractivity contribution in [3.8, 4) is 11.5 Å². The predicted octanol–water partition coefficient (Wildman–Crippen LogP) is 2.06. The molecule has 22 heavy (non-hydrogen) atoms. The molecule has 6 nitrogen and oxygen atoms in total. The number of nitrogens with zero attached hydrogens (tertiary/aromatic N) is 1. The Morgan fingerprint density at radius 3 is 2.95 bits per heavy atom. The van der Waals surface area contributed by atoms with Crippen molar-refractivity contribution >= 4 is 22.4 Å². The van der Waals surface area contributed by atoms with E-state index in [0.29, 0.717) is 23.1 Å². The quantitative estimate of drug-likeness (QED) is 0.815. The topological polar surface area (TPSA) is 86.5 Å². The molecule has 1 aromatic heterocycles. The van der Waals surface area contributed by atoms with Crippen molar-refractivity contribution in [2.45, 2.75) is 19.4 Å². The zero-order valence-corrected chi connectivity index (χ0v) is 13.4. The van der Waals surface area contributed by atoms with Crippen LogP contribution < -0.4 is 20.5 Å². The van der Waals surface area contributed by atoms with E-state index in [2.05, 4.69) is 10.3 Å². The monoisotopic (exact) mass is 321 g/mol. The maximum Gasteiger partial charge on any atom is 0.264 e. The second-order valence-electron chi connectivity index (χ2n) is 4.84. The lowest BCUT2D eigenvalue weighted by Crippen LogP contribution is -2.20. The van der Waals surface area contributed by atoms with Crippen LogP contribution in [0, 0.1) is 0 Å². The van der Waals surface area contributed by atoms with Gasteiger partial charge in [-0.2, -0.15) is 0 Å². The molecule has 2 aromatic rings. The van der Waals surface area contributed by atoms with E-state index in [1.807, 2.05) is 18.4 Å². The van der Waals surface area contributed by atoms with Gasteiger partial charge in [0, 0.05) is 23.9 Å². The summed E-state index contributed by atoms with van der Waals surface area (Å²) in [5.41, 5.74) is 6.60. The number of carbonyl (C=O) groups excluding carboxylic acids is 1. The van der Waals surface area contributed by atoms with Crippen LogP contribution in [0.2, 0.25) is 0 Å². The third-order valence-electron chi connectivity index (χ3n) is 2.74. The number of benzene rings is 1. The van der Waals surface area contributed by atoms with Gasteiger partial charge in [0.05, 0.1) is 12.8 Å². The highest BCUT2D eigenvalue weighted by molar-refractivity contribution is 7.13. The first-order valence-corrected chi connectivity index (χ1v) is 7.71. The van der Waals surface area contributed by atoms with Crippen LogP contribution in [0.3, 0.4) is 0 Å². The Morgan fingerprint density at radius 2 is 2.23 bits per heavy atom. The van der Waals surface area contributed by atoms with Gasteiger partial charge >= 0.3 is 0 Å². The molecular formula is C15H19N3O3S. The fraction of sp³-hybridized carbons (Fsp3) is 0.333. The van der Waals surface area contributed by atoms with E-state index in [9.17, 15) is 4.79 Å². The van der Waals surface area contributed by atoms with Crippen LogP contribution in [0.4, 0.5) is 5.13 Å². The summed E-state index contributed by atoms with van der Waals surface area (Å²) in [6.07, 6.45) is 0.687. The van der Waals surface area contributed by atoms with Crippen molar-refractivity contribution < 1.29 is 14.3 Å². The van der Waals surface area contributed by atoms with Crippen LogP contribution in [0.25, 0.3) is 0 Å². The molecule has 0 saturated carbocycles. The maximum atomic E-state index is 11.8. The SMILES string of the molecule is COc1cccc(OCC(=O)Nc2nc(CC(C)N)cs2)c1. The normalized spacial score (nSPS) is 11.8. The zero-order valence-electron chi connectivity index (χ0n) is 12.5. The lowest BCUT2D eigenvalue weighted by atomic mass is 10.2. The van der Waals surface area contributed by atoms with Crippen molar-refractivity contribution in [2.24, 2.45) is 5.73 Å². The van der Waals surface area contributed by atoms with Crippen LogP contribution in [-0.2, 0) is 11.2 Å². The Balaban J connectivity index is 1.83. The van der Waals surface area contributed by atoms with Gasteiger partial charge < -0.3 is 15.2 Å². The number of carbonyl (C=O) groups is 1. The van der Waals surface area contributed by atoms with Crippen LogP contribution in [-0.4, -0.2) is 30.6 Å². The first-order valence-electron chi connectivity index (χ1n) is 6.83. The van der Waals surface area contributed by atoms with Gasteiger partial charge in [0.25, 0.3) is 5.91 Å². The molecule has 118 valence electrons. The smallest absolute Gasteiger partial charge is 0.264 e. The van der Waals surface area contributed by atoms with Crippen molar-refractivity contribution in [3.63, 3.8) is 0 Å². The number of thiazole rings is 1. The van der Waals surface area contributed by atoms with Gasteiger partial charge in [-0.25, -0.2) is 4.98 Å². The fourth-order valence-corrected chi connectivity index (χ4v) is 2.52. The average Bonchev–Trinajstić information content (AvgIpc) is 2.91. The summed E-state index contributed by atoms with van der Waals surface area (Å²) < 4.78 is 10.5. The molecule has 1 amide bonds. The van der Waals surface area contributed by atoms with Gasteiger partial charge in [-0.1, -0.05) is 6.07 Å². The van der Waals surface area contributed by atoms with E-state index >= 15 is 0 Å². The highest BCUT2D eigenvalue weighted by atomic mass is 32.1. The van der Waals surface area contributed by atoms with Gasteiger partial charge in [0.15, 0.2) is 11.7 Å². The number of ether oxygens (including phenoxy) is 2. The summed E-state index contributed by atoms with van der Waals surface area (Å²) in [4.78, 5) is 16.2. The largest absolute Gasteiger partial charge is 0.497 e. The van der Waals surface area contributed by atoms with Gasteiger partial charge in [-0.3, -0.25) is 10.1 Å². The second kappa shape index (κ2) is 7.77. The van der Waals surface area contributed by atoms with E-state index in [0.717, 1.165) is 5.69 Å². The molecule has 0 aliphatic rings. The highest BCUT2D eigenvalue weighted by Gasteiger charge is 2.09. The minimum atomic E-state index is -0.260. The van der Waals surface area contributed by atoms with Crippen LogP contribution in [0.5, 0.6) is 11.5 Å². The fourth-order valence-electron chi connectivity index (χ4n) is 1.78. The van der Waals surface area contributed by atoms with E-state index < -0.39 is 0 Å². The summed E-state index contributed by atoms with van der Waals surface area (Å²) in [6.45, 7) is 1.83. The Hall–Kier alpha value is -2.12. The summed E-state index contributed by atoms with van der Waals surface area (Å²) in [5, 5.41) is 5.15. The highest BCUT2D eigenvalue weighted by Crippen LogP contribution is 2.19. The van der Waals surface area contributed by atoms with Gasteiger partial charge in [-0.05, 0) is 19.1 Å². The van der Waals surface area contributed by atoms with Crippen molar-refractivity contribution in [1.82, 2.24) is 4.98 Å². The molecule has 1 unspecified atom stereocenters. The minimum absolute atomic E-state index is 0.0436. The van der Waals surface area contributed by atoms with Crippen molar-refractivity contribution in [2.75, 3.05) is 19.0 Å².